The van der Waals surface area contributed by atoms with E-state index in [1.54, 1.807) is 19.1 Å². The van der Waals surface area contributed by atoms with E-state index in [0.717, 1.165) is 3.57 Å². The number of anilines is 1. The number of amides is 1. The number of nitrogens with two attached hydrogens (primary N) is 1. The smallest absolute Gasteiger partial charge is 0.241 e. The van der Waals surface area contributed by atoms with Gasteiger partial charge in [0, 0.05) is 3.57 Å². The van der Waals surface area contributed by atoms with E-state index in [1.807, 2.05) is 6.07 Å². The maximum atomic E-state index is 11.3. The second-order valence-corrected chi connectivity index (χ2v) is 4.55. The van der Waals surface area contributed by atoms with E-state index in [-0.39, 0.29) is 5.91 Å². The minimum absolute atomic E-state index is 0.242. The molecule has 0 aliphatic carbocycles. The zero-order valence-electron chi connectivity index (χ0n) is 7.55. The Morgan fingerprint density at radius 2 is 2.29 bits per heavy atom. The van der Waals surface area contributed by atoms with Crippen LogP contribution in [0.1, 0.15) is 6.92 Å². The number of carbonyl (C=O) groups excluding carboxylic acids is 1. The molecule has 1 amide bonds. The second kappa shape index (κ2) is 4.95. The zero-order valence-corrected chi connectivity index (χ0v) is 10.5. The van der Waals surface area contributed by atoms with Gasteiger partial charge in [-0.15, -0.1) is 0 Å². The number of hydrogen-bond donors (Lipinski definition) is 2. The highest BCUT2D eigenvalue weighted by Gasteiger charge is 2.09. The number of benzene rings is 1. The van der Waals surface area contributed by atoms with Crippen LogP contribution < -0.4 is 11.1 Å². The first-order chi connectivity index (χ1) is 6.50. The van der Waals surface area contributed by atoms with Gasteiger partial charge in [0.25, 0.3) is 0 Å². The van der Waals surface area contributed by atoms with E-state index >= 15 is 0 Å². The molecule has 0 aliphatic heterocycles. The number of carbonyl (C=O) groups is 1. The number of halogens is 2. The van der Waals surface area contributed by atoms with Crippen LogP contribution in [-0.2, 0) is 4.79 Å². The van der Waals surface area contributed by atoms with Crippen LogP contribution in [0, 0.1) is 3.57 Å². The van der Waals surface area contributed by atoms with E-state index in [2.05, 4.69) is 27.9 Å². The molecule has 5 heteroatoms. The van der Waals surface area contributed by atoms with Crippen molar-refractivity contribution >= 4 is 45.8 Å². The Kier molecular flexibility index (Phi) is 4.15. The Bertz CT molecular complexity index is 355. The standard InChI is InChI=1S/C9H10ClIN2O/c1-5(12)9(14)13-8-3-2-6(11)4-7(8)10/h2-5H,12H2,1H3,(H,13,14)/t5-/m1/s1. The van der Waals surface area contributed by atoms with Crippen LogP contribution >= 0.6 is 34.2 Å². The van der Waals surface area contributed by atoms with Crippen LogP contribution in [0.5, 0.6) is 0 Å². The Morgan fingerprint density at radius 1 is 1.64 bits per heavy atom. The lowest BCUT2D eigenvalue weighted by Gasteiger charge is -2.09. The van der Waals surface area contributed by atoms with Gasteiger partial charge in [-0.3, -0.25) is 4.79 Å². The van der Waals surface area contributed by atoms with E-state index in [4.69, 9.17) is 17.3 Å². The normalized spacial score (nSPS) is 12.3. The Balaban J connectivity index is 2.82. The molecule has 3 nitrogen and oxygen atoms in total. The van der Waals surface area contributed by atoms with Gasteiger partial charge in [-0.1, -0.05) is 11.6 Å². The van der Waals surface area contributed by atoms with E-state index in [0.29, 0.717) is 10.7 Å². The molecule has 0 saturated carbocycles. The molecule has 0 fully saturated rings. The van der Waals surface area contributed by atoms with Gasteiger partial charge in [0.2, 0.25) is 5.91 Å². The van der Waals surface area contributed by atoms with Crippen molar-refractivity contribution in [2.45, 2.75) is 13.0 Å². The lowest BCUT2D eigenvalue weighted by molar-refractivity contribution is -0.117. The summed E-state index contributed by atoms with van der Waals surface area (Å²) in [6.45, 7) is 1.62. The van der Waals surface area contributed by atoms with Gasteiger partial charge in [-0.25, -0.2) is 0 Å². The third kappa shape index (κ3) is 3.11. The monoisotopic (exact) mass is 324 g/mol. The first kappa shape index (κ1) is 11.7. The first-order valence-electron chi connectivity index (χ1n) is 4.02. The third-order valence-electron chi connectivity index (χ3n) is 1.60. The molecule has 3 N–H and O–H groups in total. The van der Waals surface area contributed by atoms with Gasteiger partial charge in [0.1, 0.15) is 0 Å². The molecular formula is C9H10ClIN2O. The third-order valence-corrected chi connectivity index (χ3v) is 2.59. The van der Waals surface area contributed by atoms with Gasteiger partial charge in [0.05, 0.1) is 16.8 Å². The summed E-state index contributed by atoms with van der Waals surface area (Å²) in [4.78, 5) is 11.3. The lowest BCUT2D eigenvalue weighted by atomic mass is 10.3. The molecule has 0 radical (unpaired) electrons. The molecule has 0 unspecified atom stereocenters. The molecule has 0 aliphatic rings. The molecule has 76 valence electrons. The molecule has 0 heterocycles. The molecule has 1 rings (SSSR count). The van der Waals surface area contributed by atoms with Crippen LogP contribution in [-0.4, -0.2) is 11.9 Å². The lowest BCUT2D eigenvalue weighted by Crippen LogP contribution is -2.32. The average Bonchev–Trinajstić information content (AvgIpc) is 2.09. The summed E-state index contributed by atoms with van der Waals surface area (Å²) in [5.41, 5.74) is 6.00. The molecule has 0 aromatic heterocycles. The second-order valence-electron chi connectivity index (χ2n) is 2.90. The van der Waals surface area contributed by atoms with Gasteiger partial charge in [-0.05, 0) is 47.7 Å². The van der Waals surface area contributed by atoms with Gasteiger partial charge in [0.15, 0.2) is 0 Å². The van der Waals surface area contributed by atoms with Crippen molar-refractivity contribution in [3.63, 3.8) is 0 Å². The molecule has 1 atom stereocenters. The van der Waals surface area contributed by atoms with E-state index in [9.17, 15) is 4.79 Å². The van der Waals surface area contributed by atoms with Crippen molar-refractivity contribution in [1.29, 1.82) is 0 Å². The Labute approximate surface area is 101 Å². The van der Waals surface area contributed by atoms with Crippen LogP contribution in [0.4, 0.5) is 5.69 Å². The predicted molar refractivity (Wildman–Crippen MR) is 66.4 cm³/mol. The van der Waals surface area contributed by atoms with Crippen molar-refractivity contribution in [2.24, 2.45) is 5.73 Å². The molecule has 1 aromatic rings. The fourth-order valence-electron chi connectivity index (χ4n) is 0.837. The van der Waals surface area contributed by atoms with Crippen molar-refractivity contribution in [1.82, 2.24) is 0 Å². The van der Waals surface area contributed by atoms with Crippen molar-refractivity contribution in [2.75, 3.05) is 5.32 Å². The molecular weight excluding hydrogens is 314 g/mol. The topological polar surface area (TPSA) is 55.1 Å². The van der Waals surface area contributed by atoms with E-state index < -0.39 is 6.04 Å². The average molecular weight is 325 g/mol. The Morgan fingerprint density at radius 3 is 2.79 bits per heavy atom. The summed E-state index contributed by atoms with van der Waals surface area (Å²) < 4.78 is 1.02. The molecule has 14 heavy (non-hydrogen) atoms. The maximum absolute atomic E-state index is 11.3. The zero-order chi connectivity index (χ0) is 10.7. The quantitative estimate of drug-likeness (QED) is 0.820. The fourth-order valence-corrected chi connectivity index (χ4v) is 1.74. The summed E-state index contributed by atoms with van der Waals surface area (Å²) in [6, 6.07) is 4.86. The SMILES string of the molecule is C[C@@H](N)C(=O)Nc1ccc(I)cc1Cl. The number of nitrogens with one attached hydrogen (secondary N) is 1. The summed E-state index contributed by atoms with van der Waals surface area (Å²) in [5.74, 6) is -0.242. The highest BCUT2D eigenvalue weighted by atomic mass is 127. The minimum Gasteiger partial charge on any atom is -0.323 e. The van der Waals surface area contributed by atoms with Crippen LogP contribution in [0.15, 0.2) is 18.2 Å². The number of rotatable bonds is 2. The first-order valence-corrected chi connectivity index (χ1v) is 5.48. The van der Waals surface area contributed by atoms with Gasteiger partial charge in [-0.2, -0.15) is 0 Å². The molecule has 0 spiro atoms. The highest BCUT2D eigenvalue weighted by Crippen LogP contribution is 2.23. The summed E-state index contributed by atoms with van der Waals surface area (Å²) >= 11 is 8.07. The maximum Gasteiger partial charge on any atom is 0.241 e. The Hall–Kier alpha value is -0.330. The molecule has 0 bridgehead atoms. The van der Waals surface area contributed by atoms with E-state index in [1.165, 1.54) is 0 Å². The summed E-state index contributed by atoms with van der Waals surface area (Å²) in [7, 11) is 0. The van der Waals surface area contributed by atoms with Crippen LogP contribution in [0.25, 0.3) is 0 Å². The predicted octanol–water partition coefficient (Wildman–Crippen LogP) is 2.23. The largest absolute Gasteiger partial charge is 0.323 e. The van der Waals surface area contributed by atoms with Gasteiger partial charge < -0.3 is 11.1 Å². The number of hydrogen-bond acceptors (Lipinski definition) is 2. The highest BCUT2D eigenvalue weighted by molar-refractivity contribution is 14.1. The fraction of sp³-hybridized carbons (Fsp3) is 0.222. The van der Waals surface area contributed by atoms with Crippen LogP contribution in [0.2, 0.25) is 5.02 Å². The summed E-state index contributed by atoms with van der Waals surface area (Å²) in [5, 5.41) is 3.16. The summed E-state index contributed by atoms with van der Waals surface area (Å²) in [6.07, 6.45) is 0. The van der Waals surface area contributed by atoms with Crippen molar-refractivity contribution < 1.29 is 4.79 Å². The van der Waals surface area contributed by atoms with Crippen molar-refractivity contribution in [3.05, 3.63) is 26.8 Å². The van der Waals surface area contributed by atoms with Crippen LogP contribution in [0.3, 0.4) is 0 Å². The molecule has 1 aromatic carbocycles. The minimum atomic E-state index is -0.537. The molecule has 0 saturated heterocycles. The van der Waals surface area contributed by atoms with Gasteiger partial charge >= 0.3 is 0 Å². The van der Waals surface area contributed by atoms with Crippen molar-refractivity contribution in [3.8, 4) is 0 Å².